The lowest BCUT2D eigenvalue weighted by Gasteiger charge is -2.18. The predicted octanol–water partition coefficient (Wildman–Crippen LogP) is 4.30. The highest BCUT2D eigenvalue weighted by Crippen LogP contribution is 2.35. The van der Waals surface area contributed by atoms with Gasteiger partial charge < -0.3 is 15.1 Å². The summed E-state index contributed by atoms with van der Waals surface area (Å²) in [5.41, 5.74) is 2.21. The van der Waals surface area contributed by atoms with E-state index in [0.717, 1.165) is 11.1 Å². The van der Waals surface area contributed by atoms with Crippen LogP contribution in [0.4, 0.5) is 0 Å². The molecule has 2 aromatic carbocycles. The molecule has 0 fully saturated rings. The number of carbonyl (C=O) groups is 2. The maximum absolute atomic E-state index is 12.3. The van der Waals surface area contributed by atoms with Crippen LogP contribution in [0.5, 0.6) is 0 Å². The number of furan rings is 1. The van der Waals surface area contributed by atoms with Crippen molar-refractivity contribution in [2.24, 2.45) is 0 Å². The van der Waals surface area contributed by atoms with E-state index in [4.69, 9.17) is 16.0 Å². The molecule has 5 nitrogen and oxygen atoms in total. The van der Waals surface area contributed by atoms with Crippen molar-refractivity contribution in [3.05, 3.63) is 94.9 Å². The molecule has 0 radical (unpaired) electrons. The fraction of sp³-hybridized carbons (Fsp3) is 0.182. The van der Waals surface area contributed by atoms with Crippen LogP contribution in [0.3, 0.4) is 0 Å². The molecule has 3 aromatic rings. The predicted molar refractivity (Wildman–Crippen MR) is 116 cm³/mol. The van der Waals surface area contributed by atoms with Gasteiger partial charge in [-0.15, -0.1) is 11.8 Å². The Morgan fingerprint density at radius 1 is 0.897 bits per heavy atom. The molecule has 7 heteroatoms. The normalized spacial score (nSPS) is 11.6. The summed E-state index contributed by atoms with van der Waals surface area (Å²) in [5.74, 6) is 0.164. The van der Waals surface area contributed by atoms with Gasteiger partial charge in [-0.2, -0.15) is 0 Å². The summed E-state index contributed by atoms with van der Waals surface area (Å²) in [7, 11) is 0. The van der Waals surface area contributed by atoms with E-state index < -0.39 is 0 Å². The standard InChI is InChI=1S/C22H21ClN2O3S/c23-18-10-8-17(9-11-18)21(16-5-2-1-3-6-16)29-15-20(26)24-12-13-25-22(27)19-7-4-14-28-19/h1-11,14,21H,12-13,15H2,(H,24,26)(H,25,27). The van der Waals surface area contributed by atoms with E-state index in [-0.39, 0.29) is 22.8 Å². The van der Waals surface area contributed by atoms with Crippen LogP contribution in [-0.2, 0) is 4.79 Å². The molecule has 29 heavy (non-hydrogen) atoms. The summed E-state index contributed by atoms with van der Waals surface area (Å²) in [5, 5.41) is 6.23. The van der Waals surface area contributed by atoms with Crippen LogP contribution >= 0.6 is 23.4 Å². The first-order valence-corrected chi connectivity index (χ1v) is 10.6. The maximum Gasteiger partial charge on any atom is 0.287 e. The molecule has 0 aliphatic carbocycles. The second-order valence-electron chi connectivity index (χ2n) is 6.24. The molecule has 2 amide bonds. The van der Waals surface area contributed by atoms with Crippen molar-refractivity contribution in [3.63, 3.8) is 0 Å². The Hall–Kier alpha value is -2.70. The quantitative estimate of drug-likeness (QED) is 0.498. The van der Waals surface area contributed by atoms with Gasteiger partial charge in [-0.3, -0.25) is 9.59 Å². The van der Waals surface area contributed by atoms with Crippen LogP contribution in [0.25, 0.3) is 0 Å². The topological polar surface area (TPSA) is 71.3 Å². The summed E-state index contributed by atoms with van der Waals surface area (Å²) in [6.07, 6.45) is 1.44. The minimum absolute atomic E-state index is 0.0258. The lowest BCUT2D eigenvalue weighted by atomic mass is 10.0. The van der Waals surface area contributed by atoms with E-state index in [9.17, 15) is 9.59 Å². The van der Waals surface area contributed by atoms with E-state index in [0.29, 0.717) is 23.9 Å². The summed E-state index contributed by atoms with van der Waals surface area (Å²) in [4.78, 5) is 24.0. The molecule has 3 rings (SSSR count). The Morgan fingerprint density at radius 3 is 2.28 bits per heavy atom. The second-order valence-corrected chi connectivity index (χ2v) is 7.77. The summed E-state index contributed by atoms with van der Waals surface area (Å²) in [6.45, 7) is 0.679. The number of carbonyl (C=O) groups excluding carboxylic acids is 2. The minimum Gasteiger partial charge on any atom is -0.459 e. The average Bonchev–Trinajstić information content (AvgIpc) is 3.28. The SMILES string of the molecule is O=C(CSC(c1ccccc1)c1ccc(Cl)cc1)NCCNC(=O)c1ccco1. The molecular formula is C22H21ClN2O3S. The monoisotopic (exact) mass is 428 g/mol. The molecule has 0 spiro atoms. The second kappa shape index (κ2) is 10.7. The van der Waals surface area contributed by atoms with Crippen LogP contribution in [0.1, 0.15) is 26.9 Å². The van der Waals surface area contributed by atoms with Crippen LogP contribution in [-0.4, -0.2) is 30.7 Å². The minimum atomic E-state index is -0.300. The third kappa shape index (κ3) is 6.41. The van der Waals surface area contributed by atoms with Crippen molar-refractivity contribution < 1.29 is 14.0 Å². The van der Waals surface area contributed by atoms with Gasteiger partial charge in [-0.05, 0) is 35.4 Å². The van der Waals surface area contributed by atoms with Gasteiger partial charge in [0, 0.05) is 18.1 Å². The highest BCUT2D eigenvalue weighted by atomic mass is 35.5. The number of halogens is 1. The number of benzene rings is 2. The Balaban J connectivity index is 1.49. The number of nitrogens with one attached hydrogen (secondary N) is 2. The number of thioether (sulfide) groups is 1. The van der Waals surface area contributed by atoms with Gasteiger partial charge in [0.2, 0.25) is 5.91 Å². The lowest BCUT2D eigenvalue weighted by Crippen LogP contribution is -2.35. The molecule has 1 heterocycles. The fourth-order valence-electron chi connectivity index (χ4n) is 2.73. The lowest BCUT2D eigenvalue weighted by molar-refractivity contribution is -0.118. The van der Waals surface area contributed by atoms with Gasteiger partial charge in [-0.1, -0.05) is 54.1 Å². The van der Waals surface area contributed by atoms with E-state index in [1.54, 1.807) is 23.9 Å². The first kappa shape index (κ1) is 21.0. The number of amides is 2. The molecule has 0 saturated heterocycles. The molecule has 1 atom stereocenters. The van der Waals surface area contributed by atoms with Crippen LogP contribution in [0.2, 0.25) is 5.02 Å². The zero-order chi connectivity index (χ0) is 20.5. The molecule has 0 saturated carbocycles. The zero-order valence-electron chi connectivity index (χ0n) is 15.6. The van der Waals surface area contributed by atoms with Crippen molar-refractivity contribution in [2.45, 2.75) is 5.25 Å². The van der Waals surface area contributed by atoms with Crippen LogP contribution in [0, 0.1) is 0 Å². The average molecular weight is 429 g/mol. The first-order valence-electron chi connectivity index (χ1n) is 9.14. The first-order chi connectivity index (χ1) is 14.1. The summed E-state index contributed by atoms with van der Waals surface area (Å²) in [6, 6.07) is 21.0. The van der Waals surface area contributed by atoms with Gasteiger partial charge in [0.15, 0.2) is 5.76 Å². The van der Waals surface area contributed by atoms with Gasteiger partial charge in [0.1, 0.15) is 0 Å². The molecule has 0 aliphatic rings. The molecule has 0 aliphatic heterocycles. The highest BCUT2D eigenvalue weighted by molar-refractivity contribution is 8.00. The Kier molecular flexibility index (Phi) is 7.78. The molecule has 0 bridgehead atoms. The third-order valence-electron chi connectivity index (χ3n) is 4.13. The molecule has 1 aromatic heterocycles. The van der Waals surface area contributed by atoms with Crippen LogP contribution in [0.15, 0.2) is 77.4 Å². The van der Waals surface area contributed by atoms with E-state index >= 15 is 0 Å². The van der Waals surface area contributed by atoms with Crippen molar-refractivity contribution in [2.75, 3.05) is 18.8 Å². The van der Waals surface area contributed by atoms with E-state index in [1.165, 1.54) is 6.26 Å². The molecule has 2 N–H and O–H groups in total. The summed E-state index contributed by atoms with van der Waals surface area (Å²) < 4.78 is 5.02. The fourth-order valence-corrected chi connectivity index (χ4v) is 3.98. The van der Waals surface area contributed by atoms with Gasteiger partial charge >= 0.3 is 0 Å². The molecular weight excluding hydrogens is 408 g/mol. The number of rotatable bonds is 9. The van der Waals surface area contributed by atoms with Gasteiger partial charge in [0.05, 0.1) is 17.3 Å². The van der Waals surface area contributed by atoms with Crippen molar-refractivity contribution in [1.29, 1.82) is 0 Å². The zero-order valence-corrected chi connectivity index (χ0v) is 17.2. The van der Waals surface area contributed by atoms with Gasteiger partial charge in [-0.25, -0.2) is 0 Å². The smallest absolute Gasteiger partial charge is 0.287 e. The van der Waals surface area contributed by atoms with Crippen molar-refractivity contribution in [3.8, 4) is 0 Å². The highest BCUT2D eigenvalue weighted by Gasteiger charge is 2.16. The molecule has 1 unspecified atom stereocenters. The Bertz CT molecular complexity index is 915. The van der Waals surface area contributed by atoms with Gasteiger partial charge in [0.25, 0.3) is 5.91 Å². The van der Waals surface area contributed by atoms with Crippen molar-refractivity contribution >= 4 is 35.2 Å². The molecule has 150 valence electrons. The maximum atomic E-state index is 12.3. The Labute approximate surface area is 178 Å². The van der Waals surface area contributed by atoms with Crippen LogP contribution < -0.4 is 10.6 Å². The van der Waals surface area contributed by atoms with Crippen molar-refractivity contribution in [1.82, 2.24) is 10.6 Å². The Morgan fingerprint density at radius 2 is 1.59 bits per heavy atom. The largest absolute Gasteiger partial charge is 0.459 e. The number of hydrogen-bond donors (Lipinski definition) is 2. The number of hydrogen-bond acceptors (Lipinski definition) is 4. The van der Waals surface area contributed by atoms with E-state index in [2.05, 4.69) is 10.6 Å². The van der Waals surface area contributed by atoms with E-state index in [1.807, 2.05) is 54.6 Å². The third-order valence-corrected chi connectivity index (χ3v) is 5.69. The summed E-state index contributed by atoms with van der Waals surface area (Å²) >= 11 is 7.56.